The van der Waals surface area contributed by atoms with E-state index in [1.165, 1.54) is 0 Å². The van der Waals surface area contributed by atoms with Crippen LogP contribution in [0.5, 0.6) is 0 Å². The Hall–Kier alpha value is -0.850. The first-order chi connectivity index (χ1) is 10.1. The molecule has 0 aromatic heterocycles. The Labute approximate surface area is 134 Å². The Morgan fingerprint density at radius 1 is 1.32 bits per heavy atom. The molecule has 22 heavy (non-hydrogen) atoms. The number of hydrogen-bond acceptors (Lipinski definition) is 5. The van der Waals surface area contributed by atoms with E-state index in [1.54, 1.807) is 4.90 Å². The van der Waals surface area contributed by atoms with E-state index in [0.717, 1.165) is 13.0 Å². The van der Waals surface area contributed by atoms with Gasteiger partial charge in [-0.25, -0.2) is 4.79 Å². The molecule has 1 aliphatic rings. The third kappa shape index (κ3) is 7.42. The minimum absolute atomic E-state index is 0.213. The lowest BCUT2D eigenvalue weighted by atomic mass is 10.2. The van der Waals surface area contributed by atoms with Crippen LogP contribution in [-0.2, 0) is 14.2 Å². The number of carbonyl (C=O) groups is 1. The number of amides is 1. The minimum atomic E-state index is -0.478. The second-order valence-corrected chi connectivity index (χ2v) is 7.09. The van der Waals surface area contributed by atoms with Gasteiger partial charge in [-0.15, -0.1) is 0 Å². The van der Waals surface area contributed by atoms with Gasteiger partial charge in [-0.2, -0.15) is 0 Å². The van der Waals surface area contributed by atoms with Crippen molar-refractivity contribution in [2.24, 2.45) is 0 Å². The second kappa shape index (κ2) is 8.13. The topological polar surface area (TPSA) is 60.0 Å². The molecule has 1 heterocycles. The summed E-state index contributed by atoms with van der Waals surface area (Å²) in [5.41, 5.74) is -0.452. The van der Waals surface area contributed by atoms with Crippen molar-refractivity contribution in [3.05, 3.63) is 0 Å². The highest BCUT2D eigenvalue weighted by Crippen LogP contribution is 2.16. The minimum Gasteiger partial charge on any atom is -0.444 e. The first-order valence-electron chi connectivity index (χ1n) is 8.12. The van der Waals surface area contributed by atoms with E-state index in [0.29, 0.717) is 26.3 Å². The van der Waals surface area contributed by atoms with Gasteiger partial charge in [0.1, 0.15) is 5.60 Å². The van der Waals surface area contributed by atoms with Crippen LogP contribution in [-0.4, -0.2) is 61.3 Å². The lowest BCUT2D eigenvalue weighted by Crippen LogP contribution is -2.49. The number of rotatable bonds is 6. The molecule has 0 spiro atoms. The number of carbonyl (C=O) groups excluding carboxylic acids is 1. The summed E-state index contributed by atoms with van der Waals surface area (Å²) in [5, 5.41) is 3.40. The molecule has 1 N–H and O–H groups in total. The van der Waals surface area contributed by atoms with Gasteiger partial charge in [0, 0.05) is 13.1 Å². The third-order valence-corrected chi connectivity index (χ3v) is 3.34. The molecule has 0 saturated carbocycles. The maximum absolute atomic E-state index is 12.0. The van der Waals surface area contributed by atoms with E-state index in [-0.39, 0.29) is 12.1 Å². The zero-order chi connectivity index (χ0) is 16.8. The molecular formula is C16H32N2O4. The highest BCUT2D eigenvalue weighted by atomic mass is 16.7. The number of ether oxygens (including phenoxy) is 3. The third-order valence-electron chi connectivity index (χ3n) is 3.34. The summed E-state index contributed by atoms with van der Waals surface area (Å²) in [5.74, 6) is -0.478. The molecule has 0 atom stereocenters. The molecule has 1 rings (SSSR count). The van der Waals surface area contributed by atoms with Crippen LogP contribution in [0.15, 0.2) is 0 Å². The van der Waals surface area contributed by atoms with Crippen molar-refractivity contribution in [3.8, 4) is 0 Å². The smallest absolute Gasteiger partial charge is 0.410 e. The van der Waals surface area contributed by atoms with Crippen LogP contribution in [0, 0.1) is 0 Å². The Kier molecular flexibility index (Phi) is 7.09. The molecule has 0 radical (unpaired) electrons. The van der Waals surface area contributed by atoms with Crippen LogP contribution in [0.25, 0.3) is 0 Å². The molecule has 0 unspecified atom stereocenters. The first kappa shape index (κ1) is 19.2. The quantitative estimate of drug-likeness (QED) is 0.762. The van der Waals surface area contributed by atoms with E-state index in [2.05, 4.69) is 5.32 Å². The van der Waals surface area contributed by atoms with Gasteiger partial charge in [0.2, 0.25) is 0 Å². The van der Waals surface area contributed by atoms with Crippen molar-refractivity contribution >= 4 is 6.09 Å². The fourth-order valence-corrected chi connectivity index (χ4v) is 2.09. The van der Waals surface area contributed by atoms with Crippen molar-refractivity contribution in [2.45, 2.75) is 65.4 Å². The van der Waals surface area contributed by atoms with Gasteiger partial charge in [0.25, 0.3) is 0 Å². The highest BCUT2D eigenvalue weighted by Gasteiger charge is 2.27. The summed E-state index contributed by atoms with van der Waals surface area (Å²) in [7, 11) is 0. The maximum Gasteiger partial charge on any atom is 0.410 e. The predicted molar refractivity (Wildman–Crippen MR) is 85.9 cm³/mol. The first-order valence-corrected chi connectivity index (χ1v) is 8.12. The summed E-state index contributed by atoms with van der Waals surface area (Å²) in [4.78, 5) is 13.7. The van der Waals surface area contributed by atoms with Gasteiger partial charge < -0.3 is 24.4 Å². The Morgan fingerprint density at radius 3 is 2.41 bits per heavy atom. The largest absolute Gasteiger partial charge is 0.444 e. The van der Waals surface area contributed by atoms with E-state index < -0.39 is 11.4 Å². The summed E-state index contributed by atoms with van der Waals surface area (Å²) < 4.78 is 16.6. The van der Waals surface area contributed by atoms with Crippen LogP contribution in [0.3, 0.4) is 0 Å². The molecule has 0 aliphatic carbocycles. The van der Waals surface area contributed by atoms with Gasteiger partial charge in [0.05, 0.1) is 19.3 Å². The van der Waals surface area contributed by atoms with Crippen LogP contribution in [0.1, 0.15) is 48.0 Å². The SMILES string of the molecule is CCN(CCCNC1COC(C)(C)OC1)C(=O)OC(C)(C)C. The predicted octanol–water partition coefficient (Wildman–Crippen LogP) is 2.37. The normalized spacial score (nSPS) is 19.0. The molecular weight excluding hydrogens is 284 g/mol. The average Bonchev–Trinajstić information content (AvgIpc) is 2.38. The zero-order valence-corrected chi connectivity index (χ0v) is 14.9. The van der Waals surface area contributed by atoms with Crippen molar-refractivity contribution in [1.29, 1.82) is 0 Å². The molecule has 6 nitrogen and oxygen atoms in total. The van der Waals surface area contributed by atoms with Crippen molar-refractivity contribution in [1.82, 2.24) is 10.2 Å². The van der Waals surface area contributed by atoms with Gasteiger partial charge in [0.15, 0.2) is 5.79 Å². The fourth-order valence-electron chi connectivity index (χ4n) is 2.09. The van der Waals surface area contributed by atoms with Crippen molar-refractivity contribution in [3.63, 3.8) is 0 Å². The lowest BCUT2D eigenvalue weighted by molar-refractivity contribution is -0.252. The number of hydrogen-bond donors (Lipinski definition) is 1. The monoisotopic (exact) mass is 316 g/mol. The van der Waals surface area contributed by atoms with Gasteiger partial charge in [-0.05, 0) is 54.5 Å². The van der Waals surface area contributed by atoms with Gasteiger partial charge >= 0.3 is 6.09 Å². The van der Waals surface area contributed by atoms with Gasteiger partial charge in [-0.3, -0.25) is 0 Å². The highest BCUT2D eigenvalue weighted by molar-refractivity contribution is 5.68. The van der Waals surface area contributed by atoms with Crippen LogP contribution in [0.2, 0.25) is 0 Å². The maximum atomic E-state index is 12.0. The molecule has 1 fully saturated rings. The van der Waals surface area contributed by atoms with E-state index in [9.17, 15) is 4.79 Å². The van der Waals surface area contributed by atoms with Crippen LogP contribution in [0.4, 0.5) is 4.79 Å². The zero-order valence-electron chi connectivity index (χ0n) is 14.9. The summed E-state index contributed by atoms with van der Waals surface area (Å²) in [6.07, 6.45) is 0.619. The Bertz CT molecular complexity index is 343. The van der Waals surface area contributed by atoms with E-state index in [1.807, 2.05) is 41.5 Å². The van der Waals surface area contributed by atoms with Crippen LogP contribution >= 0.6 is 0 Å². The lowest BCUT2D eigenvalue weighted by Gasteiger charge is -2.35. The summed E-state index contributed by atoms with van der Waals surface area (Å²) >= 11 is 0. The fraction of sp³-hybridized carbons (Fsp3) is 0.938. The average molecular weight is 316 g/mol. The van der Waals surface area contributed by atoms with Crippen molar-refractivity contribution in [2.75, 3.05) is 32.8 Å². The Balaban J connectivity index is 2.21. The molecule has 130 valence electrons. The van der Waals surface area contributed by atoms with E-state index >= 15 is 0 Å². The van der Waals surface area contributed by atoms with Gasteiger partial charge in [-0.1, -0.05) is 0 Å². The molecule has 0 bridgehead atoms. The Morgan fingerprint density at radius 2 is 1.91 bits per heavy atom. The number of nitrogens with zero attached hydrogens (tertiary/aromatic N) is 1. The summed E-state index contributed by atoms with van der Waals surface area (Å²) in [6.45, 7) is 14.9. The van der Waals surface area contributed by atoms with E-state index in [4.69, 9.17) is 14.2 Å². The molecule has 1 aliphatic heterocycles. The molecule has 6 heteroatoms. The number of nitrogens with one attached hydrogen (secondary N) is 1. The molecule has 1 saturated heterocycles. The molecule has 0 aromatic rings. The molecule has 1 amide bonds. The second-order valence-electron chi connectivity index (χ2n) is 7.09. The summed E-state index contributed by atoms with van der Waals surface area (Å²) in [6, 6.07) is 0.213. The standard InChI is InChI=1S/C16H32N2O4/c1-7-18(14(19)22-15(2,3)4)10-8-9-17-13-11-20-16(5,6)21-12-13/h13,17H,7-12H2,1-6H3. The van der Waals surface area contributed by atoms with Crippen molar-refractivity contribution < 1.29 is 19.0 Å². The molecule has 0 aromatic carbocycles. The van der Waals surface area contributed by atoms with Crippen LogP contribution < -0.4 is 5.32 Å².